The molecule has 1 aliphatic carbocycles. The highest BCUT2D eigenvalue weighted by atomic mass is 35.5. The SMILES string of the molecule is C=CC(=O)N1CCN(C2=NC(OCC3CCCN3C)NC3C(=O)[C@@]4(CCC23)Cc2ccc(Cl)cc2CS4)CC1CC#N. The molecule has 42 heavy (non-hydrogen) atoms. The normalized spacial score (nSPS) is 33.1. The molecule has 4 aliphatic heterocycles. The summed E-state index contributed by atoms with van der Waals surface area (Å²) < 4.78 is 5.89. The van der Waals surface area contributed by atoms with E-state index >= 15 is 0 Å². The van der Waals surface area contributed by atoms with E-state index in [0.717, 1.165) is 48.8 Å². The van der Waals surface area contributed by atoms with Gasteiger partial charge in [0.25, 0.3) is 0 Å². The van der Waals surface area contributed by atoms with Crippen molar-refractivity contribution in [2.45, 2.75) is 73.5 Å². The third-order valence-corrected chi connectivity index (χ3v) is 11.5. The fourth-order valence-corrected chi connectivity index (χ4v) is 9.04. The molecule has 11 heteroatoms. The first-order chi connectivity index (χ1) is 20.3. The van der Waals surface area contributed by atoms with Crippen LogP contribution >= 0.6 is 23.4 Å². The summed E-state index contributed by atoms with van der Waals surface area (Å²) in [6, 6.07) is 7.92. The molecule has 1 aromatic carbocycles. The highest BCUT2D eigenvalue weighted by Crippen LogP contribution is 2.48. The second kappa shape index (κ2) is 12.3. The van der Waals surface area contributed by atoms with E-state index in [-0.39, 0.29) is 30.1 Å². The third-order valence-electron chi connectivity index (χ3n) is 9.75. The quantitative estimate of drug-likeness (QED) is 0.507. The van der Waals surface area contributed by atoms with E-state index < -0.39 is 17.1 Å². The van der Waals surface area contributed by atoms with Crippen molar-refractivity contribution in [3.8, 4) is 6.07 Å². The second-order valence-corrected chi connectivity index (χ2v) is 14.0. The summed E-state index contributed by atoms with van der Waals surface area (Å²) in [6.07, 6.45) is 5.45. The number of likely N-dealkylation sites (N-methyl/N-ethyl adjacent to an activating group) is 1. The van der Waals surface area contributed by atoms with Crippen molar-refractivity contribution in [1.82, 2.24) is 20.0 Å². The molecule has 0 bridgehead atoms. The van der Waals surface area contributed by atoms with Crippen LogP contribution in [0.4, 0.5) is 0 Å². The first kappa shape index (κ1) is 29.6. The lowest BCUT2D eigenvalue weighted by molar-refractivity contribution is -0.130. The number of nitrogens with zero attached hydrogens (tertiary/aromatic N) is 5. The number of likely N-dealkylation sites (tertiary alicyclic amines) is 1. The number of carbonyl (C=O) groups excluding carboxylic acids is 2. The lowest BCUT2D eigenvalue weighted by atomic mass is 9.72. The average Bonchev–Trinajstić information content (AvgIpc) is 3.42. The number of nitriles is 1. The zero-order valence-corrected chi connectivity index (χ0v) is 25.7. The van der Waals surface area contributed by atoms with Crippen molar-refractivity contribution in [3.63, 3.8) is 0 Å². The van der Waals surface area contributed by atoms with Crippen molar-refractivity contribution < 1.29 is 14.3 Å². The van der Waals surface area contributed by atoms with Gasteiger partial charge >= 0.3 is 0 Å². The van der Waals surface area contributed by atoms with E-state index in [2.05, 4.69) is 40.9 Å². The van der Waals surface area contributed by atoms with E-state index in [1.165, 1.54) is 17.2 Å². The molecular weight excluding hydrogens is 572 g/mol. The Morgan fingerprint density at radius 1 is 1.31 bits per heavy atom. The van der Waals surface area contributed by atoms with Gasteiger partial charge in [0.2, 0.25) is 12.3 Å². The van der Waals surface area contributed by atoms with Crippen LogP contribution in [0, 0.1) is 17.2 Å². The van der Waals surface area contributed by atoms with Gasteiger partial charge in [-0.05, 0) is 75.0 Å². The Hall–Kier alpha value is -2.42. The number of amidine groups is 1. The number of carbonyl (C=O) groups is 2. The van der Waals surface area contributed by atoms with Gasteiger partial charge < -0.3 is 19.4 Å². The van der Waals surface area contributed by atoms with Gasteiger partial charge in [-0.25, -0.2) is 4.99 Å². The van der Waals surface area contributed by atoms with Gasteiger partial charge in [0.1, 0.15) is 5.84 Å². The Labute approximate surface area is 257 Å². The molecule has 224 valence electrons. The number of Topliss-reactive ketones (excluding diaryl/α,β-unsaturated/α-hetero) is 1. The van der Waals surface area contributed by atoms with Crippen LogP contribution in [0.25, 0.3) is 0 Å². The third kappa shape index (κ3) is 5.62. The topological polar surface area (TPSA) is 101 Å². The minimum atomic E-state index is -0.628. The second-order valence-electron chi connectivity index (χ2n) is 12.2. The smallest absolute Gasteiger partial charge is 0.246 e. The number of fused-ring (bicyclic) bond motifs is 2. The van der Waals surface area contributed by atoms with Gasteiger partial charge in [0, 0.05) is 42.4 Å². The standard InChI is InChI=1S/C31H39ClN6O3S/c1-3-26(39)38-14-13-37(17-23(38)9-11-33)29-25-8-10-31(16-20-6-7-22(32)15-21(20)19-42-31)28(40)27(25)34-30(35-29)41-18-24-5-4-12-36(24)2/h3,6-7,15,23-25,27,30,34H,1,4-5,8-10,12-14,16-19H2,2H3/t23?,24?,25?,27?,30?,31-/m1/s1. The maximum atomic E-state index is 14.5. The number of hydrogen-bond donors (Lipinski definition) is 1. The molecule has 9 nitrogen and oxygen atoms in total. The molecule has 1 N–H and O–H groups in total. The van der Waals surface area contributed by atoms with Gasteiger partial charge in [-0.1, -0.05) is 24.2 Å². The Balaban J connectivity index is 1.26. The van der Waals surface area contributed by atoms with Crippen LogP contribution in [-0.2, 0) is 26.5 Å². The average molecular weight is 611 g/mol. The van der Waals surface area contributed by atoms with Gasteiger partial charge in [0.15, 0.2) is 5.78 Å². The van der Waals surface area contributed by atoms with E-state index in [0.29, 0.717) is 38.7 Å². The van der Waals surface area contributed by atoms with Crippen LogP contribution in [0.1, 0.15) is 43.2 Å². The molecule has 3 fully saturated rings. The Morgan fingerprint density at radius 3 is 2.93 bits per heavy atom. The predicted molar refractivity (Wildman–Crippen MR) is 164 cm³/mol. The zero-order chi connectivity index (χ0) is 29.4. The van der Waals surface area contributed by atoms with Crippen LogP contribution in [0.5, 0.6) is 0 Å². The highest BCUT2D eigenvalue weighted by Gasteiger charge is 2.54. The van der Waals surface area contributed by atoms with E-state index in [1.54, 1.807) is 16.7 Å². The number of aliphatic imine (C=N–C) groups is 1. The predicted octanol–water partition coefficient (Wildman–Crippen LogP) is 3.22. The molecule has 1 aromatic rings. The van der Waals surface area contributed by atoms with Crippen LogP contribution in [0.2, 0.25) is 5.02 Å². The largest absolute Gasteiger partial charge is 0.356 e. The highest BCUT2D eigenvalue weighted by molar-refractivity contribution is 8.00. The van der Waals surface area contributed by atoms with Gasteiger partial charge in [0.05, 0.1) is 35.9 Å². The summed E-state index contributed by atoms with van der Waals surface area (Å²) in [7, 11) is 2.12. The summed E-state index contributed by atoms with van der Waals surface area (Å²) in [6.45, 7) is 6.81. The number of piperazine rings is 1. The van der Waals surface area contributed by atoms with Crippen molar-refractivity contribution in [1.29, 1.82) is 5.26 Å². The maximum Gasteiger partial charge on any atom is 0.246 e. The molecule has 1 saturated carbocycles. The summed E-state index contributed by atoms with van der Waals surface area (Å²) in [5, 5.41) is 13.8. The van der Waals surface area contributed by atoms with Gasteiger partial charge in [-0.2, -0.15) is 5.26 Å². The first-order valence-corrected chi connectivity index (χ1v) is 16.3. The summed E-state index contributed by atoms with van der Waals surface area (Å²) in [5.74, 6) is 1.61. The van der Waals surface area contributed by atoms with Gasteiger partial charge in [-0.15, -0.1) is 11.8 Å². The first-order valence-electron chi connectivity index (χ1n) is 15.0. The summed E-state index contributed by atoms with van der Waals surface area (Å²) >= 11 is 8.01. The molecular formula is C31H39ClN6O3S. The van der Waals surface area contributed by atoms with Crippen LogP contribution in [0.3, 0.4) is 0 Å². The van der Waals surface area contributed by atoms with Gasteiger partial charge in [-0.3, -0.25) is 14.9 Å². The fourth-order valence-electron chi connectivity index (χ4n) is 7.36. The number of hydrogen-bond acceptors (Lipinski definition) is 9. The summed E-state index contributed by atoms with van der Waals surface area (Å²) in [4.78, 5) is 38.4. The van der Waals surface area contributed by atoms with Crippen molar-refractivity contribution in [2.75, 3.05) is 39.8 Å². The number of amides is 1. The Kier molecular flexibility index (Phi) is 8.67. The molecule has 6 atom stereocenters. The van der Waals surface area contributed by atoms with E-state index in [1.807, 2.05) is 12.1 Å². The molecule has 4 heterocycles. The lowest BCUT2D eigenvalue weighted by Crippen LogP contribution is -2.67. The van der Waals surface area contributed by atoms with Crippen molar-refractivity contribution in [3.05, 3.63) is 47.0 Å². The van der Waals surface area contributed by atoms with Crippen molar-refractivity contribution in [2.24, 2.45) is 10.9 Å². The number of halogens is 1. The Bertz CT molecular complexity index is 1320. The number of thioether (sulfide) groups is 1. The summed E-state index contributed by atoms with van der Waals surface area (Å²) in [5.41, 5.74) is 2.42. The molecule has 5 aliphatic rings. The molecule has 6 rings (SSSR count). The number of nitrogens with one attached hydrogen (secondary N) is 1. The molecule has 1 amide bonds. The molecule has 5 unspecified atom stereocenters. The van der Waals surface area contributed by atoms with Crippen LogP contribution in [-0.4, -0.2) is 101 Å². The number of benzene rings is 1. The Morgan fingerprint density at radius 2 is 2.17 bits per heavy atom. The number of ketones is 1. The minimum absolute atomic E-state index is 0.0891. The van der Waals surface area contributed by atoms with Crippen molar-refractivity contribution >= 4 is 40.9 Å². The van der Waals surface area contributed by atoms with E-state index in [4.69, 9.17) is 21.3 Å². The molecule has 0 aromatic heterocycles. The number of ether oxygens (including phenoxy) is 1. The fraction of sp³-hybridized carbons (Fsp3) is 0.613. The number of rotatable bonds is 5. The molecule has 0 radical (unpaired) electrons. The minimum Gasteiger partial charge on any atom is -0.356 e. The molecule has 2 saturated heterocycles. The van der Waals surface area contributed by atoms with E-state index in [9.17, 15) is 14.9 Å². The van der Waals surface area contributed by atoms with Crippen LogP contribution < -0.4 is 5.32 Å². The monoisotopic (exact) mass is 610 g/mol. The lowest BCUT2D eigenvalue weighted by Gasteiger charge is -2.50. The van der Waals surface area contributed by atoms with Crippen LogP contribution in [0.15, 0.2) is 35.8 Å². The zero-order valence-electron chi connectivity index (χ0n) is 24.1. The molecule has 1 spiro atoms. The maximum absolute atomic E-state index is 14.5.